The van der Waals surface area contributed by atoms with E-state index in [1.165, 1.54) is 16.9 Å². The van der Waals surface area contributed by atoms with Gasteiger partial charge >= 0.3 is 12.0 Å². The summed E-state index contributed by atoms with van der Waals surface area (Å²) < 4.78 is 4.68. The minimum Gasteiger partial charge on any atom is -0.469 e. The molecule has 0 aromatic heterocycles. The second kappa shape index (κ2) is 8.21. The molecule has 1 aromatic rings. The number of anilines is 1. The third-order valence-corrected chi connectivity index (χ3v) is 5.47. The van der Waals surface area contributed by atoms with Gasteiger partial charge in [-0.3, -0.25) is 19.4 Å². The average molecular weight is 369 g/mol. The van der Waals surface area contributed by atoms with Crippen LogP contribution >= 0.6 is 0 Å². The minimum absolute atomic E-state index is 0.0347. The van der Waals surface area contributed by atoms with Gasteiger partial charge in [0.05, 0.1) is 18.7 Å². The molecule has 1 saturated heterocycles. The van der Waals surface area contributed by atoms with Crippen LogP contribution in [-0.4, -0.2) is 42.5 Å². The van der Waals surface area contributed by atoms with Crippen molar-refractivity contribution in [3.8, 4) is 6.07 Å². The lowest BCUT2D eigenvalue weighted by Crippen LogP contribution is -2.43. The second-order valence-corrected chi connectivity index (χ2v) is 7.08. The number of amides is 3. The largest absolute Gasteiger partial charge is 0.469 e. The van der Waals surface area contributed by atoms with E-state index >= 15 is 0 Å². The van der Waals surface area contributed by atoms with Gasteiger partial charge in [0.25, 0.3) is 5.91 Å². The molecule has 2 fully saturated rings. The summed E-state index contributed by atoms with van der Waals surface area (Å²) >= 11 is 0. The standard InChI is InChI=1S/C20H23N3O4/c1-27-19(25)11-6-14-2-9-17(10-3-14)23-18(24)13-22(20(23)26)16-7-4-15(12-21)5-8-16/h4-5,7-8,14,17H,2-3,6,9-11,13H2,1H3. The summed E-state index contributed by atoms with van der Waals surface area (Å²) in [5.74, 6) is 0.0604. The number of nitrogens with zero attached hydrogens (tertiary/aromatic N) is 3. The van der Waals surface area contributed by atoms with Gasteiger partial charge in [0.15, 0.2) is 0 Å². The molecule has 1 aliphatic heterocycles. The molecule has 2 aliphatic rings. The molecule has 1 aromatic carbocycles. The lowest BCUT2D eigenvalue weighted by molar-refractivity contribution is -0.141. The van der Waals surface area contributed by atoms with Crippen LogP contribution in [0.15, 0.2) is 24.3 Å². The summed E-state index contributed by atoms with van der Waals surface area (Å²) in [5.41, 5.74) is 1.14. The molecule has 0 radical (unpaired) electrons. The molecule has 0 atom stereocenters. The Kier molecular flexibility index (Phi) is 5.75. The molecule has 3 rings (SSSR count). The van der Waals surface area contributed by atoms with E-state index in [4.69, 9.17) is 5.26 Å². The maximum Gasteiger partial charge on any atom is 0.331 e. The van der Waals surface area contributed by atoms with Gasteiger partial charge in [-0.1, -0.05) is 0 Å². The molecule has 0 N–H and O–H groups in total. The molecule has 1 saturated carbocycles. The molecular weight excluding hydrogens is 346 g/mol. The van der Waals surface area contributed by atoms with Gasteiger partial charge in [0.1, 0.15) is 6.54 Å². The highest BCUT2D eigenvalue weighted by Crippen LogP contribution is 2.33. The van der Waals surface area contributed by atoms with Crippen molar-refractivity contribution in [2.45, 2.75) is 44.6 Å². The van der Waals surface area contributed by atoms with Crippen molar-refractivity contribution in [2.75, 3.05) is 18.6 Å². The number of hydrogen-bond donors (Lipinski definition) is 0. The first-order valence-electron chi connectivity index (χ1n) is 9.24. The maximum atomic E-state index is 12.8. The SMILES string of the molecule is COC(=O)CCC1CCC(N2C(=O)CN(c3ccc(C#N)cc3)C2=O)CC1. The number of ether oxygens (including phenoxy) is 1. The first-order valence-corrected chi connectivity index (χ1v) is 9.24. The third kappa shape index (κ3) is 4.11. The average Bonchev–Trinajstić information content (AvgIpc) is 3.00. The molecule has 7 nitrogen and oxygen atoms in total. The van der Waals surface area contributed by atoms with E-state index in [2.05, 4.69) is 4.74 Å². The van der Waals surface area contributed by atoms with Crippen LogP contribution in [0, 0.1) is 17.2 Å². The Morgan fingerprint density at radius 3 is 2.44 bits per heavy atom. The topological polar surface area (TPSA) is 90.7 Å². The van der Waals surface area contributed by atoms with E-state index in [0.717, 1.165) is 32.1 Å². The number of carbonyl (C=O) groups excluding carboxylic acids is 3. The van der Waals surface area contributed by atoms with Crippen LogP contribution in [-0.2, 0) is 14.3 Å². The molecule has 0 spiro atoms. The number of imide groups is 1. The Balaban J connectivity index is 1.59. The number of esters is 1. The van der Waals surface area contributed by atoms with Crippen molar-refractivity contribution in [3.05, 3.63) is 29.8 Å². The quantitative estimate of drug-likeness (QED) is 0.588. The number of nitriles is 1. The van der Waals surface area contributed by atoms with Crippen LogP contribution in [0.1, 0.15) is 44.1 Å². The van der Waals surface area contributed by atoms with Crippen molar-refractivity contribution < 1.29 is 19.1 Å². The predicted molar refractivity (Wildman–Crippen MR) is 97.7 cm³/mol. The van der Waals surface area contributed by atoms with Crippen LogP contribution < -0.4 is 4.90 Å². The Bertz CT molecular complexity index is 760. The van der Waals surface area contributed by atoms with Crippen molar-refractivity contribution in [2.24, 2.45) is 5.92 Å². The van der Waals surface area contributed by atoms with E-state index in [0.29, 0.717) is 23.6 Å². The highest BCUT2D eigenvalue weighted by molar-refractivity contribution is 6.12. The van der Waals surface area contributed by atoms with Gasteiger partial charge in [-0.25, -0.2) is 4.79 Å². The fourth-order valence-corrected chi connectivity index (χ4v) is 3.91. The van der Waals surface area contributed by atoms with Gasteiger partial charge in [-0.05, 0) is 62.3 Å². The van der Waals surface area contributed by atoms with Crippen LogP contribution in [0.25, 0.3) is 0 Å². The Morgan fingerprint density at radius 1 is 1.19 bits per heavy atom. The minimum atomic E-state index is -0.289. The van der Waals surface area contributed by atoms with Crippen LogP contribution in [0.4, 0.5) is 10.5 Å². The number of carbonyl (C=O) groups is 3. The molecule has 142 valence electrons. The van der Waals surface area contributed by atoms with Gasteiger partial charge in [0, 0.05) is 18.2 Å². The van der Waals surface area contributed by atoms with E-state index < -0.39 is 0 Å². The van der Waals surface area contributed by atoms with Gasteiger partial charge in [-0.2, -0.15) is 5.26 Å². The summed E-state index contributed by atoms with van der Waals surface area (Å²) in [5, 5.41) is 8.89. The van der Waals surface area contributed by atoms with Crippen molar-refractivity contribution in [1.29, 1.82) is 5.26 Å². The number of hydrogen-bond acceptors (Lipinski definition) is 5. The highest BCUT2D eigenvalue weighted by Gasteiger charge is 2.42. The zero-order chi connectivity index (χ0) is 19.4. The first kappa shape index (κ1) is 18.9. The van der Waals surface area contributed by atoms with E-state index in [9.17, 15) is 14.4 Å². The normalized spacial score (nSPS) is 22.7. The van der Waals surface area contributed by atoms with Gasteiger partial charge in [0.2, 0.25) is 0 Å². The molecule has 0 bridgehead atoms. The Labute approximate surface area is 158 Å². The van der Waals surface area contributed by atoms with Crippen molar-refractivity contribution in [1.82, 2.24) is 4.90 Å². The fourth-order valence-electron chi connectivity index (χ4n) is 3.91. The molecule has 27 heavy (non-hydrogen) atoms. The predicted octanol–water partition coefficient (Wildman–Crippen LogP) is 2.84. The summed E-state index contributed by atoms with van der Waals surface area (Å²) in [4.78, 5) is 39.4. The van der Waals surface area contributed by atoms with Gasteiger partial charge in [-0.15, -0.1) is 0 Å². The summed E-state index contributed by atoms with van der Waals surface area (Å²) in [7, 11) is 1.39. The molecule has 1 aliphatic carbocycles. The van der Waals surface area contributed by atoms with Gasteiger partial charge < -0.3 is 4.74 Å². The molecule has 1 heterocycles. The third-order valence-electron chi connectivity index (χ3n) is 5.47. The number of methoxy groups -OCH3 is 1. The van der Waals surface area contributed by atoms with Crippen molar-refractivity contribution in [3.63, 3.8) is 0 Å². The molecular formula is C20H23N3O4. The van der Waals surface area contributed by atoms with Crippen LogP contribution in [0.5, 0.6) is 0 Å². The van der Waals surface area contributed by atoms with E-state index in [-0.39, 0.29) is 30.5 Å². The van der Waals surface area contributed by atoms with E-state index in [1.807, 2.05) is 6.07 Å². The zero-order valence-electron chi connectivity index (χ0n) is 15.4. The first-order chi connectivity index (χ1) is 13.0. The van der Waals surface area contributed by atoms with Crippen LogP contribution in [0.2, 0.25) is 0 Å². The number of rotatable bonds is 5. The zero-order valence-corrected chi connectivity index (χ0v) is 15.4. The maximum absolute atomic E-state index is 12.8. The van der Waals surface area contributed by atoms with E-state index in [1.54, 1.807) is 24.3 Å². The smallest absolute Gasteiger partial charge is 0.331 e. The lowest BCUT2D eigenvalue weighted by atomic mass is 9.83. The van der Waals surface area contributed by atoms with Crippen LogP contribution in [0.3, 0.4) is 0 Å². The molecule has 0 unspecified atom stereocenters. The number of benzene rings is 1. The molecule has 7 heteroatoms. The second-order valence-electron chi connectivity index (χ2n) is 7.08. The number of urea groups is 1. The Morgan fingerprint density at radius 2 is 1.85 bits per heavy atom. The summed E-state index contributed by atoms with van der Waals surface area (Å²) in [6, 6.07) is 8.34. The highest BCUT2D eigenvalue weighted by atomic mass is 16.5. The Hall–Kier alpha value is -2.88. The molecule has 3 amide bonds. The summed E-state index contributed by atoms with van der Waals surface area (Å²) in [6.45, 7) is 0.0347. The lowest BCUT2D eigenvalue weighted by Gasteiger charge is -2.33. The monoisotopic (exact) mass is 369 g/mol. The van der Waals surface area contributed by atoms with Crippen molar-refractivity contribution >= 4 is 23.6 Å². The summed E-state index contributed by atoms with van der Waals surface area (Å²) in [6.07, 6.45) is 4.54. The fraction of sp³-hybridized carbons (Fsp3) is 0.500.